The van der Waals surface area contributed by atoms with Crippen LogP contribution in [-0.4, -0.2) is 14.5 Å². The fourth-order valence-corrected chi connectivity index (χ4v) is 1.11. The van der Waals surface area contributed by atoms with Gasteiger partial charge in [-0.1, -0.05) is 19.8 Å². The Balaban J connectivity index is 2.44. The van der Waals surface area contributed by atoms with E-state index in [1.165, 1.54) is 12.5 Å². The highest BCUT2D eigenvalue weighted by Gasteiger charge is 2.08. The molecular formula is C8H13N3O2. The van der Waals surface area contributed by atoms with Crippen LogP contribution in [0.3, 0.4) is 0 Å². The van der Waals surface area contributed by atoms with Crippen molar-refractivity contribution < 1.29 is 4.92 Å². The average molecular weight is 183 g/mol. The van der Waals surface area contributed by atoms with Crippen LogP contribution in [0.4, 0.5) is 5.82 Å². The Morgan fingerprint density at radius 3 is 2.92 bits per heavy atom. The molecule has 1 aromatic heterocycles. The molecule has 0 aliphatic carbocycles. The van der Waals surface area contributed by atoms with E-state index in [1.807, 2.05) is 0 Å². The first-order valence-corrected chi connectivity index (χ1v) is 4.40. The Morgan fingerprint density at radius 2 is 2.38 bits per heavy atom. The van der Waals surface area contributed by atoms with Gasteiger partial charge in [0.15, 0.2) is 0 Å². The maximum absolute atomic E-state index is 10.3. The maximum Gasteiger partial charge on any atom is 0.381 e. The van der Waals surface area contributed by atoms with E-state index in [-0.39, 0.29) is 5.82 Å². The Kier molecular flexibility index (Phi) is 3.42. The molecule has 1 aromatic rings. The van der Waals surface area contributed by atoms with Gasteiger partial charge in [-0.15, -0.1) is 0 Å². The van der Waals surface area contributed by atoms with Crippen LogP contribution in [0.25, 0.3) is 0 Å². The number of nitrogens with zero attached hydrogens (tertiary/aromatic N) is 3. The van der Waals surface area contributed by atoms with Crippen molar-refractivity contribution in [3.8, 4) is 0 Å². The number of imidazole rings is 1. The van der Waals surface area contributed by atoms with Crippen LogP contribution in [0, 0.1) is 10.1 Å². The summed E-state index contributed by atoms with van der Waals surface area (Å²) in [4.78, 5) is 13.5. The second-order valence-corrected chi connectivity index (χ2v) is 2.93. The summed E-state index contributed by atoms with van der Waals surface area (Å²) in [7, 11) is 0. The molecule has 0 bridgehead atoms. The minimum absolute atomic E-state index is 0.0727. The number of unbranched alkanes of at least 4 members (excludes halogenated alkanes) is 2. The van der Waals surface area contributed by atoms with Crippen molar-refractivity contribution in [1.82, 2.24) is 9.55 Å². The van der Waals surface area contributed by atoms with E-state index in [0.29, 0.717) is 0 Å². The Morgan fingerprint density at radius 1 is 1.62 bits per heavy atom. The maximum atomic E-state index is 10.3. The molecular weight excluding hydrogens is 170 g/mol. The second kappa shape index (κ2) is 4.59. The van der Waals surface area contributed by atoms with E-state index in [1.54, 1.807) is 4.57 Å². The second-order valence-electron chi connectivity index (χ2n) is 2.93. The largest absolute Gasteiger partial charge is 0.381 e. The fraction of sp³-hybridized carbons (Fsp3) is 0.625. The molecule has 0 aromatic carbocycles. The number of aryl methyl sites for hydroxylation is 1. The lowest BCUT2D eigenvalue weighted by Gasteiger charge is -1.97. The highest BCUT2D eigenvalue weighted by atomic mass is 16.6. The van der Waals surface area contributed by atoms with E-state index in [2.05, 4.69) is 11.9 Å². The van der Waals surface area contributed by atoms with E-state index < -0.39 is 4.92 Å². The molecule has 0 unspecified atom stereocenters. The predicted octanol–water partition coefficient (Wildman–Crippen LogP) is 1.98. The van der Waals surface area contributed by atoms with E-state index in [0.717, 1.165) is 25.8 Å². The lowest BCUT2D eigenvalue weighted by atomic mass is 10.2. The Bertz CT molecular complexity index is 283. The van der Waals surface area contributed by atoms with Gasteiger partial charge in [0.1, 0.15) is 6.20 Å². The molecule has 0 saturated carbocycles. The third kappa shape index (κ3) is 2.85. The Hall–Kier alpha value is -1.39. The number of hydrogen-bond donors (Lipinski definition) is 0. The molecule has 0 aliphatic heterocycles. The summed E-state index contributed by atoms with van der Waals surface area (Å²) in [5, 5.41) is 10.3. The third-order valence-corrected chi connectivity index (χ3v) is 1.83. The number of aromatic nitrogens is 2. The molecule has 5 heteroatoms. The van der Waals surface area contributed by atoms with Crippen LogP contribution in [0.2, 0.25) is 0 Å². The summed E-state index contributed by atoms with van der Waals surface area (Å²) >= 11 is 0. The van der Waals surface area contributed by atoms with Crippen molar-refractivity contribution in [2.45, 2.75) is 32.7 Å². The van der Waals surface area contributed by atoms with Gasteiger partial charge in [0.05, 0.1) is 0 Å². The molecule has 1 rings (SSSR count). The summed E-state index contributed by atoms with van der Waals surface area (Å²) in [5.74, 6) is -0.0727. The van der Waals surface area contributed by atoms with E-state index in [9.17, 15) is 10.1 Å². The lowest BCUT2D eigenvalue weighted by Crippen LogP contribution is -1.93. The lowest BCUT2D eigenvalue weighted by molar-refractivity contribution is -0.389. The van der Waals surface area contributed by atoms with Crippen molar-refractivity contribution >= 4 is 5.82 Å². The van der Waals surface area contributed by atoms with Crippen LogP contribution in [0.15, 0.2) is 12.5 Å². The molecule has 5 nitrogen and oxygen atoms in total. The highest BCUT2D eigenvalue weighted by Crippen LogP contribution is 2.07. The van der Waals surface area contributed by atoms with Gasteiger partial charge < -0.3 is 14.7 Å². The molecule has 0 saturated heterocycles. The van der Waals surface area contributed by atoms with Crippen molar-refractivity contribution in [1.29, 1.82) is 0 Å². The molecule has 13 heavy (non-hydrogen) atoms. The van der Waals surface area contributed by atoms with Gasteiger partial charge in [-0.3, -0.25) is 0 Å². The molecule has 1 heterocycles. The van der Waals surface area contributed by atoms with Crippen LogP contribution in [-0.2, 0) is 6.54 Å². The Labute approximate surface area is 76.5 Å². The molecule has 0 N–H and O–H groups in total. The standard InChI is InChI=1S/C8H13N3O2/c1-2-3-4-5-10-6-8(9-7-10)11(12)13/h6-7H,2-5H2,1H3. The van der Waals surface area contributed by atoms with Crippen LogP contribution in [0.1, 0.15) is 26.2 Å². The van der Waals surface area contributed by atoms with Crippen LogP contribution in [0.5, 0.6) is 0 Å². The summed E-state index contributed by atoms with van der Waals surface area (Å²) in [5.41, 5.74) is 0. The van der Waals surface area contributed by atoms with Crippen molar-refractivity contribution in [3.63, 3.8) is 0 Å². The zero-order chi connectivity index (χ0) is 9.68. The average Bonchev–Trinajstić information content (AvgIpc) is 2.53. The molecule has 0 atom stereocenters. The number of rotatable bonds is 5. The minimum Gasteiger partial charge on any atom is -0.358 e. The summed E-state index contributed by atoms with van der Waals surface area (Å²) < 4.78 is 1.76. The summed E-state index contributed by atoms with van der Waals surface area (Å²) in [6, 6.07) is 0. The first-order chi connectivity index (χ1) is 6.24. The van der Waals surface area contributed by atoms with Crippen molar-refractivity contribution in [2.24, 2.45) is 0 Å². The normalized spacial score (nSPS) is 10.2. The molecule has 0 aliphatic rings. The van der Waals surface area contributed by atoms with Crippen LogP contribution >= 0.6 is 0 Å². The summed E-state index contributed by atoms with van der Waals surface area (Å²) in [6.07, 6.45) is 6.32. The zero-order valence-electron chi connectivity index (χ0n) is 7.64. The zero-order valence-corrected chi connectivity index (χ0v) is 7.64. The topological polar surface area (TPSA) is 61.0 Å². The van der Waals surface area contributed by atoms with Crippen molar-refractivity contribution in [2.75, 3.05) is 0 Å². The van der Waals surface area contributed by atoms with Gasteiger partial charge in [-0.05, 0) is 16.3 Å². The first kappa shape index (κ1) is 9.70. The number of nitro groups is 1. The van der Waals surface area contributed by atoms with Gasteiger partial charge in [0, 0.05) is 6.54 Å². The SMILES string of the molecule is CCCCCn1cnc([N+](=O)[O-])c1. The first-order valence-electron chi connectivity index (χ1n) is 4.40. The van der Waals surface area contributed by atoms with Gasteiger partial charge in [-0.25, -0.2) is 0 Å². The summed E-state index contributed by atoms with van der Waals surface area (Å²) in [6.45, 7) is 2.94. The minimum atomic E-state index is -0.476. The van der Waals surface area contributed by atoms with E-state index in [4.69, 9.17) is 0 Å². The molecule has 0 radical (unpaired) electrons. The molecule has 0 fully saturated rings. The monoisotopic (exact) mass is 183 g/mol. The molecule has 0 amide bonds. The molecule has 72 valence electrons. The highest BCUT2D eigenvalue weighted by molar-refractivity contribution is 5.12. The number of hydrogen-bond acceptors (Lipinski definition) is 3. The quantitative estimate of drug-likeness (QED) is 0.398. The molecule has 0 spiro atoms. The van der Waals surface area contributed by atoms with Crippen LogP contribution < -0.4 is 0 Å². The predicted molar refractivity (Wildman–Crippen MR) is 48.4 cm³/mol. The third-order valence-electron chi connectivity index (χ3n) is 1.83. The smallest absolute Gasteiger partial charge is 0.358 e. The van der Waals surface area contributed by atoms with Crippen molar-refractivity contribution in [3.05, 3.63) is 22.6 Å². The van der Waals surface area contributed by atoms with Gasteiger partial charge >= 0.3 is 5.82 Å². The van der Waals surface area contributed by atoms with E-state index >= 15 is 0 Å². The van der Waals surface area contributed by atoms with Gasteiger partial charge in [0.25, 0.3) is 0 Å². The van der Waals surface area contributed by atoms with Gasteiger partial charge in [0.2, 0.25) is 6.33 Å². The fourth-order valence-electron chi connectivity index (χ4n) is 1.11. The van der Waals surface area contributed by atoms with Gasteiger partial charge in [-0.2, -0.15) is 0 Å².